The zero-order chi connectivity index (χ0) is 25.5. The summed E-state index contributed by atoms with van der Waals surface area (Å²) in [5.41, 5.74) is 1.29. The number of benzene rings is 2. The molecule has 0 N–H and O–H groups in total. The van der Waals surface area contributed by atoms with Crippen LogP contribution < -0.4 is 4.74 Å². The van der Waals surface area contributed by atoms with Crippen LogP contribution in [0.25, 0.3) is 0 Å². The van der Waals surface area contributed by atoms with Gasteiger partial charge in [0.05, 0.1) is 19.8 Å². The minimum atomic E-state index is -4.02. The number of esters is 1. The summed E-state index contributed by atoms with van der Waals surface area (Å²) in [6, 6.07) is 15.1. The predicted molar refractivity (Wildman–Crippen MR) is 134 cm³/mol. The average Bonchev–Trinajstić information content (AvgIpc) is 3.57. The molecule has 0 spiro atoms. The highest BCUT2D eigenvalue weighted by molar-refractivity contribution is 7.89. The van der Waals surface area contributed by atoms with Gasteiger partial charge in [-0.05, 0) is 53.6 Å². The molecule has 2 heterocycles. The highest BCUT2D eigenvalue weighted by Crippen LogP contribution is 2.29. The third-order valence-corrected chi connectivity index (χ3v) is 8.78. The number of thiophene rings is 1. The zero-order valence-corrected chi connectivity index (χ0v) is 21.5. The summed E-state index contributed by atoms with van der Waals surface area (Å²) >= 11 is 1.03. The third kappa shape index (κ3) is 6.31. The Balaban J connectivity index is 1.52. The molecule has 0 aliphatic carbocycles. The summed E-state index contributed by atoms with van der Waals surface area (Å²) in [5, 5.41) is 1.56. The topological polar surface area (TPSA) is 82.1 Å². The molecule has 1 unspecified atom stereocenters. The molecule has 0 bridgehead atoms. The number of hydrogen-bond acceptors (Lipinski definition) is 7. The lowest BCUT2D eigenvalue weighted by Gasteiger charge is -2.25. The van der Waals surface area contributed by atoms with Gasteiger partial charge in [0.2, 0.25) is 10.0 Å². The van der Waals surface area contributed by atoms with Gasteiger partial charge >= 0.3 is 5.97 Å². The van der Waals surface area contributed by atoms with Crippen molar-refractivity contribution in [2.75, 3.05) is 26.9 Å². The number of sulfonamides is 1. The molecule has 3 aromatic rings. The van der Waals surface area contributed by atoms with Crippen molar-refractivity contribution in [3.63, 3.8) is 0 Å². The summed E-state index contributed by atoms with van der Waals surface area (Å²) in [6.45, 7) is 1.11. The van der Waals surface area contributed by atoms with Crippen LogP contribution in [0.1, 0.15) is 33.6 Å². The Morgan fingerprint density at radius 1 is 1.19 bits per heavy atom. The second-order valence-corrected chi connectivity index (χ2v) is 11.2. The molecule has 0 radical (unpaired) electrons. The molecule has 1 aromatic heterocycles. The Kier molecular flexibility index (Phi) is 8.73. The normalized spacial score (nSPS) is 15.8. The average molecular weight is 534 g/mol. The standard InChI is InChI=1S/C26H28FNO6S2/c1-32-26(29)25-24(12-15-35-25)36(30,31)28(18-22-9-5-13-33-22)17-19-6-4-8-21(16-19)34-14-11-20-7-2-3-10-23(20)27/h2-4,6-8,10,12,15-16,22H,5,9,11,13-14,17-18H2,1H3. The van der Waals surface area contributed by atoms with E-state index in [1.54, 1.807) is 41.8 Å². The molecule has 0 amide bonds. The maximum absolute atomic E-state index is 13.9. The van der Waals surface area contributed by atoms with Crippen molar-refractivity contribution in [3.05, 3.63) is 81.8 Å². The maximum Gasteiger partial charge on any atom is 0.349 e. The molecule has 0 saturated carbocycles. The van der Waals surface area contributed by atoms with Crippen molar-refractivity contribution in [2.24, 2.45) is 0 Å². The first-order valence-corrected chi connectivity index (χ1v) is 13.9. The number of carbonyl (C=O) groups is 1. The van der Waals surface area contributed by atoms with Crippen molar-refractivity contribution in [1.29, 1.82) is 0 Å². The molecule has 36 heavy (non-hydrogen) atoms. The molecular formula is C26H28FNO6S2. The van der Waals surface area contributed by atoms with E-state index in [1.165, 1.54) is 23.5 Å². The second-order valence-electron chi connectivity index (χ2n) is 8.38. The van der Waals surface area contributed by atoms with Crippen LogP contribution in [0.5, 0.6) is 5.75 Å². The number of nitrogens with zero attached hydrogens (tertiary/aromatic N) is 1. The third-order valence-electron chi connectivity index (χ3n) is 5.90. The van der Waals surface area contributed by atoms with Gasteiger partial charge in [0, 0.05) is 26.1 Å². The van der Waals surface area contributed by atoms with Gasteiger partial charge in [0.1, 0.15) is 21.3 Å². The van der Waals surface area contributed by atoms with Crippen LogP contribution in [-0.2, 0) is 32.5 Å². The van der Waals surface area contributed by atoms with Crippen LogP contribution in [0.15, 0.2) is 64.9 Å². The molecule has 1 aliphatic rings. The minimum absolute atomic E-state index is 0.0417. The SMILES string of the molecule is COC(=O)c1sccc1S(=O)(=O)N(Cc1cccc(OCCc2ccccc2F)c1)CC1CCCO1. The highest BCUT2D eigenvalue weighted by Gasteiger charge is 2.33. The first-order valence-electron chi connectivity index (χ1n) is 11.6. The molecule has 1 saturated heterocycles. The fourth-order valence-corrected chi connectivity index (χ4v) is 6.83. The number of hydrogen-bond donors (Lipinski definition) is 0. The van der Waals surface area contributed by atoms with Crippen LogP contribution >= 0.6 is 11.3 Å². The first kappa shape index (κ1) is 26.3. The zero-order valence-electron chi connectivity index (χ0n) is 19.9. The summed E-state index contributed by atoms with van der Waals surface area (Å²) in [5.74, 6) is -0.403. The van der Waals surface area contributed by atoms with Crippen molar-refractivity contribution < 1.29 is 31.8 Å². The smallest absolute Gasteiger partial charge is 0.349 e. The van der Waals surface area contributed by atoms with Crippen LogP contribution in [0, 0.1) is 5.82 Å². The monoisotopic (exact) mass is 533 g/mol. The van der Waals surface area contributed by atoms with E-state index in [0.717, 1.165) is 29.7 Å². The van der Waals surface area contributed by atoms with Crippen LogP contribution in [0.4, 0.5) is 4.39 Å². The van der Waals surface area contributed by atoms with Crippen molar-refractivity contribution in [2.45, 2.75) is 36.8 Å². The van der Waals surface area contributed by atoms with Crippen LogP contribution in [0.3, 0.4) is 0 Å². The Morgan fingerprint density at radius 2 is 2.03 bits per heavy atom. The molecule has 7 nitrogen and oxygen atoms in total. The highest BCUT2D eigenvalue weighted by atomic mass is 32.2. The second kappa shape index (κ2) is 12.0. The van der Waals surface area contributed by atoms with E-state index in [9.17, 15) is 17.6 Å². The Labute approximate surface area is 214 Å². The lowest BCUT2D eigenvalue weighted by molar-refractivity contribution is 0.0602. The van der Waals surface area contributed by atoms with Gasteiger partial charge in [-0.1, -0.05) is 30.3 Å². The van der Waals surface area contributed by atoms with Gasteiger partial charge in [0.15, 0.2) is 0 Å². The first-order chi connectivity index (χ1) is 17.4. The van der Waals surface area contributed by atoms with Gasteiger partial charge in [-0.3, -0.25) is 0 Å². The van der Waals surface area contributed by atoms with Gasteiger partial charge in [0.25, 0.3) is 0 Å². The van der Waals surface area contributed by atoms with E-state index in [0.29, 0.717) is 24.3 Å². The van der Waals surface area contributed by atoms with Crippen molar-refractivity contribution >= 4 is 27.3 Å². The molecule has 4 rings (SSSR count). The van der Waals surface area contributed by atoms with Crippen LogP contribution in [-0.4, -0.2) is 51.7 Å². The van der Waals surface area contributed by atoms with E-state index in [-0.39, 0.29) is 41.4 Å². The van der Waals surface area contributed by atoms with Gasteiger partial charge < -0.3 is 14.2 Å². The molecule has 1 atom stereocenters. The van der Waals surface area contributed by atoms with Crippen molar-refractivity contribution in [3.8, 4) is 5.75 Å². The van der Waals surface area contributed by atoms with E-state index >= 15 is 0 Å². The fourth-order valence-electron chi connectivity index (χ4n) is 4.06. The van der Waals surface area contributed by atoms with Crippen LogP contribution in [0.2, 0.25) is 0 Å². The lowest BCUT2D eigenvalue weighted by Crippen LogP contribution is -2.37. The lowest BCUT2D eigenvalue weighted by atomic mass is 10.1. The summed E-state index contributed by atoms with van der Waals surface area (Å²) in [6.07, 6.45) is 1.82. The Hall–Kier alpha value is -2.79. The Bertz CT molecular complexity index is 1290. The molecule has 192 valence electrons. The van der Waals surface area contributed by atoms with E-state index in [1.807, 2.05) is 6.07 Å². The van der Waals surface area contributed by atoms with E-state index in [2.05, 4.69) is 0 Å². The Morgan fingerprint density at radius 3 is 2.78 bits per heavy atom. The summed E-state index contributed by atoms with van der Waals surface area (Å²) in [4.78, 5) is 12.1. The van der Waals surface area contributed by atoms with Gasteiger partial charge in [-0.15, -0.1) is 11.3 Å². The number of ether oxygens (including phenoxy) is 3. The summed E-state index contributed by atoms with van der Waals surface area (Å²) in [7, 11) is -2.80. The maximum atomic E-state index is 13.9. The number of halogens is 1. The predicted octanol–water partition coefficient (Wildman–Crippen LogP) is 4.67. The number of methoxy groups -OCH3 is 1. The molecule has 2 aromatic carbocycles. The number of carbonyl (C=O) groups excluding carboxylic acids is 1. The molecular weight excluding hydrogens is 505 g/mol. The minimum Gasteiger partial charge on any atom is -0.493 e. The van der Waals surface area contributed by atoms with E-state index in [4.69, 9.17) is 14.2 Å². The molecule has 1 aliphatic heterocycles. The number of rotatable bonds is 11. The fraction of sp³-hybridized carbons (Fsp3) is 0.346. The van der Waals surface area contributed by atoms with Gasteiger partial charge in [-0.25, -0.2) is 17.6 Å². The quantitative estimate of drug-likeness (QED) is 0.334. The molecule has 1 fully saturated rings. The van der Waals surface area contributed by atoms with E-state index < -0.39 is 16.0 Å². The molecule has 10 heteroatoms. The van der Waals surface area contributed by atoms with Crippen molar-refractivity contribution in [1.82, 2.24) is 4.31 Å². The summed E-state index contributed by atoms with van der Waals surface area (Å²) < 4.78 is 58.9. The van der Waals surface area contributed by atoms with Gasteiger partial charge in [-0.2, -0.15) is 4.31 Å². The largest absolute Gasteiger partial charge is 0.493 e.